The molecule has 0 bridgehead atoms. The van der Waals surface area contributed by atoms with Crippen molar-refractivity contribution in [3.63, 3.8) is 0 Å². The first-order valence-electron chi connectivity index (χ1n) is 7.71. The number of nitrogens with zero attached hydrogens (tertiary/aromatic N) is 2. The second-order valence-corrected chi connectivity index (χ2v) is 6.05. The monoisotopic (exact) mass is 337 g/mol. The van der Waals surface area contributed by atoms with Gasteiger partial charge in [0.15, 0.2) is 0 Å². The summed E-state index contributed by atoms with van der Waals surface area (Å²) in [6.45, 7) is 3.92. The van der Waals surface area contributed by atoms with Crippen LogP contribution in [0.2, 0.25) is 0 Å². The van der Waals surface area contributed by atoms with E-state index < -0.39 is 6.36 Å². The molecule has 1 aliphatic carbocycles. The minimum atomic E-state index is -4.67. The maximum atomic E-state index is 12.2. The molecule has 7 heteroatoms. The molecular weight excluding hydrogens is 319 g/mol. The second kappa shape index (κ2) is 6.05. The number of nitrogens with one attached hydrogen (secondary N) is 1. The fraction of sp³-hybridized carbons (Fsp3) is 0.412. The molecule has 1 atom stereocenters. The van der Waals surface area contributed by atoms with Crippen molar-refractivity contribution in [2.45, 2.75) is 44.6 Å². The van der Waals surface area contributed by atoms with Crippen LogP contribution in [0.1, 0.15) is 42.8 Å². The average Bonchev–Trinajstić information content (AvgIpc) is 3.27. The summed E-state index contributed by atoms with van der Waals surface area (Å²) in [4.78, 5) is 8.61. The highest BCUT2D eigenvalue weighted by atomic mass is 19.4. The topological polar surface area (TPSA) is 47.0 Å². The second-order valence-electron chi connectivity index (χ2n) is 6.05. The summed E-state index contributed by atoms with van der Waals surface area (Å²) >= 11 is 0. The molecule has 1 aliphatic rings. The minimum Gasteiger partial charge on any atom is -0.406 e. The Morgan fingerprint density at radius 1 is 1.12 bits per heavy atom. The molecule has 1 saturated carbocycles. The lowest BCUT2D eigenvalue weighted by Gasteiger charge is -2.24. The highest BCUT2D eigenvalue weighted by Gasteiger charge is 2.45. The number of benzene rings is 1. The van der Waals surface area contributed by atoms with Crippen LogP contribution >= 0.6 is 0 Å². The molecule has 1 aromatic heterocycles. The third-order valence-electron chi connectivity index (χ3n) is 4.21. The molecule has 1 heterocycles. The van der Waals surface area contributed by atoms with Gasteiger partial charge in [0.2, 0.25) is 0 Å². The van der Waals surface area contributed by atoms with Gasteiger partial charge in [0.1, 0.15) is 5.75 Å². The van der Waals surface area contributed by atoms with E-state index >= 15 is 0 Å². The molecule has 4 nitrogen and oxygen atoms in total. The van der Waals surface area contributed by atoms with E-state index in [9.17, 15) is 13.2 Å². The Hall–Kier alpha value is -2.15. The summed E-state index contributed by atoms with van der Waals surface area (Å²) in [6, 6.07) is 6.05. The molecule has 0 amide bonds. The van der Waals surface area contributed by atoms with E-state index in [1.807, 2.05) is 13.8 Å². The van der Waals surface area contributed by atoms with Crippen LogP contribution in [-0.4, -0.2) is 16.3 Å². The molecule has 1 fully saturated rings. The maximum Gasteiger partial charge on any atom is 0.573 e. The van der Waals surface area contributed by atoms with Crippen LogP contribution in [0.25, 0.3) is 0 Å². The number of halogens is 3. The number of alkyl halides is 3. The molecule has 1 N–H and O–H groups in total. The SMILES string of the molecule is Cc1nccnc1C(C)NC1(c2ccc(OC(F)(F)F)cc2)CC1. The number of ether oxygens (including phenoxy) is 1. The first-order valence-corrected chi connectivity index (χ1v) is 7.71. The predicted octanol–water partition coefficient (Wildman–Crippen LogP) is 4.02. The van der Waals surface area contributed by atoms with Crippen LogP contribution < -0.4 is 10.1 Å². The van der Waals surface area contributed by atoms with E-state index in [4.69, 9.17) is 0 Å². The summed E-state index contributed by atoms with van der Waals surface area (Å²) in [5.41, 5.74) is 2.47. The van der Waals surface area contributed by atoms with Crippen LogP contribution in [-0.2, 0) is 5.54 Å². The maximum absolute atomic E-state index is 12.2. The Morgan fingerprint density at radius 2 is 1.75 bits per heavy atom. The minimum absolute atomic E-state index is 0.00713. The normalized spacial score (nSPS) is 17.4. The predicted molar refractivity (Wildman–Crippen MR) is 82.4 cm³/mol. The van der Waals surface area contributed by atoms with Crippen molar-refractivity contribution >= 4 is 0 Å². The third kappa shape index (κ3) is 3.67. The summed E-state index contributed by atoms with van der Waals surface area (Å²) in [6.07, 6.45) is 0.489. The first kappa shape index (κ1) is 16.7. The summed E-state index contributed by atoms with van der Waals surface area (Å²) < 4.78 is 40.6. The Balaban J connectivity index is 1.73. The smallest absolute Gasteiger partial charge is 0.406 e. The van der Waals surface area contributed by atoms with E-state index in [2.05, 4.69) is 20.0 Å². The molecular formula is C17H18F3N3O. The van der Waals surface area contributed by atoms with Gasteiger partial charge in [0, 0.05) is 24.0 Å². The van der Waals surface area contributed by atoms with Crippen molar-refractivity contribution in [2.24, 2.45) is 0 Å². The summed E-state index contributed by atoms with van der Waals surface area (Å²) in [5, 5.41) is 3.54. The number of hydrogen-bond donors (Lipinski definition) is 1. The standard InChI is InChI=1S/C17H18F3N3O/c1-11-15(22-10-9-21-11)12(2)23-16(7-8-16)13-3-5-14(6-4-13)24-17(18,19)20/h3-6,9-10,12,23H,7-8H2,1-2H3. The Labute approximate surface area is 138 Å². The Kier molecular flexibility index (Phi) is 4.21. The van der Waals surface area contributed by atoms with Crippen LogP contribution in [0.5, 0.6) is 5.75 Å². The molecule has 128 valence electrons. The Morgan fingerprint density at radius 3 is 2.29 bits per heavy atom. The highest BCUT2D eigenvalue weighted by Crippen LogP contribution is 2.47. The van der Waals surface area contributed by atoms with Gasteiger partial charge in [0.05, 0.1) is 11.4 Å². The van der Waals surface area contributed by atoms with Gasteiger partial charge in [0.25, 0.3) is 0 Å². The van der Waals surface area contributed by atoms with E-state index in [1.54, 1.807) is 24.5 Å². The van der Waals surface area contributed by atoms with Crippen molar-refractivity contribution in [1.29, 1.82) is 0 Å². The van der Waals surface area contributed by atoms with Crippen LogP contribution in [0.15, 0.2) is 36.7 Å². The van der Waals surface area contributed by atoms with Crippen molar-refractivity contribution in [3.05, 3.63) is 53.6 Å². The van der Waals surface area contributed by atoms with Gasteiger partial charge >= 0.3 is 6.36 Å². The summed E-state index contributed by atoms with van der Waals surface area (Å²) in [5.74, 6) is -0.208. The largest absolute Gasteiger partial charge is 0.573 e. The van der Waals surface area contributed by atoms with Gasteiger partial charge in [-0.1, -0.05) is 12.1 Å². The quantitative estimate of drug-likeness (QED) is 0.895. The molecule has 1 unspecified atom stereocenters. The zero-order chi connectivity index (χ0) is 17.4. The van der Waals surface area contributed by atoms with E-state index in [0.29, 0.717) is 0 Å². The number of hydrogen-bond acceptors (Lipinski definition) is 4. The molecule has 2 aromatic rings. The van der Waals surface area contributed by atoms with Gasteiger partial charge in [-0.3, -0.25) is 15.3 Å². The molecule has 0 radical (unpaired) electrons. The van der Waals surface area contributed by atoms with Crippen LogP contribution in [0.4, 0.5) is 13.2 Å². The summed E-state index contributed by atoms with van der Waals surface area (Å²) in [7, 11) is 0. The van der Waals surface area contributed by atoms with Gasteiger partial charge in [-0.05, 0) is 44.4 Å². The zero-order valence-corrected chi connectivity index (χ0v) is 13.4. The zero-order valence-electron chi connectivity index (χ0n) is 13.4. The number of rotatable bonds is 5. The van der Waals surface area contributed by atoms with E-state index in [1.165, 1.54) is 12.1 Å². The fourth-order valence-corrected chi connectivity index (χ4v) is 2.94. The van der Waals surface area contributed by atoms with Gasteiger partial charge < -0.3 is 4.74 Å². The molecule has 1 aromatic carbocycles. The molecule has 24 heavy (non-hydrogen) atoms. The lowest BCUT2D eigenvalue weighted by Crippen LogP contribution is -2.32. The third-order valence-corrected chi connectivity index (χ3v) is 4.21. The average molecular weight is 337 g/mol. The van der Waals surface area contributed by atoms with Crippen molar-refractivity contribution in [3.8, 4) is 5.75 Å². The molecule has 0 spiro atoms. The first-order chi connectivity index (χ1) is 11.3. The van der Waals surface area contributed by atoms with Crippen molar-refractivity contribution in [1.82, 2.24) is 15.3 Å². The van der Waals surface area contributed by atoms with Gasteiger partial charge in [-0.15, -0.1) is 13.2 Å². The van der Waals surface area contributed by atoms with Crippen LogP contribution in [0, 0.1) is 6.92 Å². The van der Waals surface area contributed by atoms with E-state index in [-0.39, 0.29) is 17.3 Å². The highest BCUT2D eigenvalue weighted by molar-refractivity contribution is 5.36. The number of aryl methyl sites for hydroxylation is 1. The lowest BCUT2D eigenvalue weighted by atomic mass is 10.0. The molecule has 0 saturated heterocycles. The van der Waals surface area contributed by atoms with E-state index in [0.717, 1.165) is 29.8 Å². The Bertz CT molecular complexity index is 712. The fourth-order valence-electron chi connectivity index (χ4n) is 2.94. The lowest BCUT2D eigenvalue weighted by molar-refractivity contribution is -0.274. The van der Waals surface area contributed by atoms with Gasteiger partial charge in [-0.25, -0.2) is 0 Å². The van der Waals surface area contributed by atoms with Gasteiger partial charge in [-0.2, -0.15) is 0 Å². The molecule has 0 aliphatic heterocycles. The van der Waals surface area contributed by atoms with Crippen LogP contribution in [0.3, 0.4) is 0 Å². The van der Waals surface area contributed by atoms with Crippen molar-refractivity contribution in [2.75, 3.05) is 0 Å². The molecule has 3 rings (SSSR count). The van der Waals surface area contributed by atoms with Crippen molar-refractivity contribution < 1.29 is 17.9 Å². The number of aromatic nitrogens is 2.